The molecule has 0 bridgehead atoms. The molecule has 1 aromatic heterocycles. The van der Waals surface area contributed by atoms with E-state index in [1.165, 1.54) is 6.07 Å². The SMILES string of the molecule is Nc1nc(N)n(-c2cc(Cl)c(-c3ccc(S(=O)(=O)N4CCC(F)(F)C4)cc3)c(C(F)(F)F)c2)n1. The summed E-state index contributed by atoms with van der Waals surface area (Å²) in [5, 5.41) is 3.42. The lowest BCUT2D eigenvalue weighted by Crippen LogP contribution is -2.31. The summed E-state index contributed by atoms with van der Waals surface area (Å²) in [7, 11) is -4.25. The van der Waals surface area contributed by atoms with Crippen LogP contribution in [-0.4, -0.2) is 46.5 Å². The first-order valence-electron chi connectivity index (χ1n) is 9.56. The number of aromatic nitrogens is 3. The van der Waals surface area contributed by atoms with E-state index < -0.39 is 46.2 Å². The third-order valence-electron chi connectivity index (χ3n) is 5.19. The summed E-state index contributed by atoms with van der Waals surface area (Å²) in [4.78, 5) is 3.31. The maximum Gasteiger partial charge on any atom is 0.417 e. The van der Waals surface area contributed by atoms with Crippen molar-refractivity contribution in [3.63, 3.8) is 0 Å². The molecule has 4 N–H and O–H groups in total. The first kappa shape index (κ1) is 24.2. The van der Waals surface area contributed by atoms with E-state index >= 15 is 0 Å². The molecule has 0 unspecified atom stereocenters. The molecule has 3 aromatic rings. The Hall–Kier alpha value is -2.97. The zero-order chi connectivity index (χ0) is 25.1. The number of sulfonamides is 1. The summed E-state index contributed by atoms with van der Waals surface area (Å²) in [6, 6.07) is 6.26. The summed E-state index contributed by atoms with van der Waals surface area (Å²) >= 11 is 6.21. The van der Waals surface area contributed by atoms with Crippen LogP contribution in [0.15, 0.2) is 41.3 Å². The fourth-order valence-electron chi connectivity index (χ4n) is 3.61. The van der Waals surface area contributed by atoms with E-state index in [-0.39, 0.29) is 39.6 Å². The average molecular weight is 523 g/mol. The van der Waals surface area contributed by atoms with Crippen LogP contribution in [0.1, 0.15) is 12.0 Å². The van der Waals surface area contributed by atoms with Crippen LogP contribution in [0.3, 0.4) is 0 Å². The molecular weight excluding hydrogens is 507 g/mol. The summed E-state index contributed by atoms with van der Waals surface area (Å²) in [6.07, 6.45) is -5.47. The van der Waals surface area contributed by atoms with E-state index in [1.807, 2.05) is 0 Å². The Morgan fingerprint density at radius 2 is 1.74 bits per heavy atom. The fourth-order valence-corrected chi connectivity index (χ4v) is 5.41. The predicted molar refractivity (Wildman–Crippen MR) is 114 cm³/mol. The fraction of sp³-hybridized carbons (Fsp3) is 0.263. The minimum absolute atomic E-state index is 0.0411. The summed E-state index contributed by atoms with van der Waals surface area (Å²) in [5.74, 6) is -3.64. The van der Waals surface area contributed by atoms with Gasteiger partial charge >= 0.3 is 6.18 Å². The molecule has 1 aliphatic rings. The van der Waals surface area contributed by atoms with Crippen LogP contribution in [0, 0.1) is 0 Å². The third-order valence-corrected chi connectivity index (χ3v) is 7.35. The van der Waals surface area contributed by atoms with Gasteiger partial charge in [-0.25, -0.2) is 17.2 Å². The van der Waals surface area contributed by atoms with Gasteiger partial charge in [0.2, 0.25) is 21.9 Å². The predicted octanol–water partition coefficient (Wildman–Crippen LogP) is 3.80. The van der Waals surface area contributed by atoms with Crippen molar-refractivity contribution >= 4 is 33.5 Å². The van der Waals surface area contributed by atoms with Gasteiger partial charge in [-0.3, -0.25) is 0 Å². The molecule has 34 heavy (non-hydrogen) atoms. The molecule has 0 atom stereocenters. The Morgan fingerprint density at radius 3 is 2.24 bits per heavy atom. The second-order valence-electron chi connectivity index (χ2n) is 7.56. The molecule has 4 rings (SSSR count). The van der Waals surface area contributed by atoms with Gasteiger partial charge < -0.3 is 11.5 Å². The quantitative estimate of drug-likeness (QED) is 0.503. The van der Waals surface area contributed by atoms with Crippen molar-refractivity contribution in [2.45, 2.75) is 23.4 Å². The number of hydrogen-bond donors (Lipinski definition) is 2. The molecular formula is C19H16ClF5N6O2S. The minimum atomic E-state index is -4.86. The second-order valence-corrected chi connectivity index (χ2v) is 9.90. The molecule has 0 aliphatic carbocycles. The number of nitrogens with zero attached hydrogens (tertiary/aromatic N) is 4. The van der Waals surface area contributed by atoms with E-state index in [0.717, 1.165) is 35.0 Å². The highest BCUT2D eigenvalue weighted by Crippen LogP contribution is 2.43. The van der Waals surface area contributed by atoms with E-state index in [0.29, 0.717) is 4.31 Å². The molecule has 1 aliphatic heterocycles. The molecule has 2 aromatic carbocycles. The van der Waals surface area contributed by atoms with Crippen LogP contribution in [-0.2, 0) is 16.2 Å². The topological polar surface area (TPSA) is 120 Å². The van der Waals surface area contributed by atoms with Gasteiger partial charge in [-0.05, 0) is 29.8 Å². The minimum Gasteiger partial charge on any atom is -0.368 e. The van der Waals surface area contributed by atoms with Gasteiger partial charge in [-0.1, -0.05) is 23.7 Å². The first-order valence-corrected chi connectivity index (χ1v) is 11.4. The van der Waals surface area contributed by atoms with Crippen molar-refractivity contribution in [1.29, 1.82) is 0 Å². The molecule has 1 saturated heterocycles. The molecule has 0 saturated carbocycles. The Morgan fingerprint density at radius 1 is 1.09 bits per heavy atom. The Labute approximate surface area is 195 Å². The molecule has 0 radical (unpaired) electrons. The van der Waals surface area contributed by atoms with E-state index in [2.05, 4.69) is 10.1 Å². The van der Waals surface area contributed by atoms with Gasteiger partial charge in [0.05, 0.1) is 27.7 Å². The molecule has 8 nitrogen and oxygen atoms in total. The van der Waals surface area contributed by atoms with E-state index in [9.17, 15) is 30.4 Å². The lowest BCUT2D eigenvalue weighted by atomic mass is 9.98. The molecule has 182 valence electrons. The van der Waals surface area contributed by atoms with Crippen molar-refractivity contribution in [2.75, 3.05) is 24.6 Å². The highest BCUT2D eigenvalue weighted by molar-refractivity contribution is 7.89. The van der Waals surface area contributed by atoms with Crippen LogP contribution in [0.5, 0.6) is 0 Å². The maximum absolute atomic E-state index is 13.9. The van der Waals surface area contributed by atoms with Gasteiger partial charge in [0.25, 0.3) is 5.92 Å². The number of rotatable bonds is 4. The lowest BCUT2D eigenvalue weighted by molar-refractivity contribution is -0.137. The third kappa shape index (κ3) is 4.40. The van der Waals surface area contributed by atoms with Gasteiger partial charge in [0.15, 0.2) is 0 Å². The zero-order valence-electron chi connectivity index (χ0n) is 17.0. The highest BCUT2D eigenvalue weighted by Gasteiger charge is 2.43. The maximum atomic E-state index is 13.9. The molecule has 0 spiro atoms. The van der Waals surface area contributed by atoms with Crippen LogP contribution < -0.4 is 11.5 Å². The summed E-state index contributed by atoms with van der Waals surface area (Å²) in [5.41, 5.74) is 9.33. The monoisotopic (exact) mass is 522 g/mol. The molecule has 15 heteroatoms. The van der Waals surface area contributed by atoms with E-state index in [1.54, 1.807) is 0 Å². The zero-order valence-corrected chi connectivity index (χ0v) is 18.6. The number of hydrogen-bond acceptors (Lipinski definition) is 6. The van der Waals surface area contributed by atoms with Gasteiger partial charge in [-0.2, -0.15) is 27.1 Å². The van der Waals surface area contributed by atoms with Gasteiger partial charge in [0, 0.05) is 18.5 Å². The first-order chi connectivity index (χ1) is 15.7. The average Bonchev–Trinajstić information content (AvgIpc) is 3.27. The smallest absolute Gasteiger partial charge is 0.368 e. The van der Waals surface area contributed by atoms with Crippen molar-refractivity contribution in [2.24, 2.45) is 0 Å². The number of anilines is 2. The highest BCUT2D eigenvalue weighted by atomic mass is 35.5. The van der Waals surface area contributed by atoms with Crippen LogP contribution in [0.25, 0.3) is 16.8 Å². The number of nitrogens with two attached hydrogens (primary N) is 2. The van der Waals surface area contributed by atoms with Crippen LogP contribution in [0.2, 0.25) is 5.02 Å². The van der Waals surface area contributed by atoms with Crippen LogP contribution in [0.4, 0.5) is 33.8 Å². The molecule has 0 amide bonds. The van der Waals surface area contributed by atoms with Crippen molar-refractivity contribution < 1.29 is 30.4 Å². The standard InChI is InChI=1S/C19H16ClF5N6O2S/c20-14-8-11(31-17(27)28-16(26)29-31)7-13(19(23,24)25)15(14)10-1-3-12(4-2-10)34(32,33)30-6-5-18(21,22)9-30/h1-4,7-8H,5-6,9H2,(H4,26,27,28,29). The Balaban J connectivity index is 1.76. The summed E-state index contributed by atoms with van der Waals surface area (Å²) < 4.78 is 95.5. The Kier molecular flexibility index (Phi) is 5.73. The second kappa shape index (κ2) is 8.06. The van der Waals surface area contributed by atoms with Gasteiger partial charge in [-0.15, -0.1) is 5.10 Å². The van der Waals surface area contributed by atoms with Crippen molar-refractivity contribution in [1.82, 2.24) is 19.1 Å². The van der Waals surface area contributed by atoms with E-state index in [4.69, 9.17) is 23.1 Å². The molecule has 2 heterocycles. The van der Waals surface area contributed by atoms with Crippen molar-refractivity contribution in [3.8, 4) is 16.8 Å². The Bertz CT molecular complexity index is 1360. The lowest BCUT2D eigenvalue weighted by Gasteiger charge is -2.18. The van der Waals surface area contributed by atoms with Gasteiger partial charge in [0.1, 0.15) is 0 Å². The number of benzene rings is 2. The van der Waals surface area contributed by atoms with Crippen LogP contribution >= 0.6 is 11.6 Å². The number of nitrogen functional groups attached to an aromatic ring is 2. The van der Waals surface area contributed by atoms with Crippen molar-refractivity contribution in [3.05, 3.63) is 47.0 Å². The molecule has 1 fully saturated rings. The normalized spacial score (nSPS) is 16.8. The largest absolute Gasteiger partial charge is 0.417 e. The number of halogens is 6. The number of alkyl halides is 5. The summed E-state index contributed by atoms with van der Waals surface area (Å²) in [6.45, 7) is -1.32.